The van der Waals surface area contributed by atoms with Crippen LogP contribution in [-0.2, 0) is 4.74 Å². The average Bonchev–Trinajstić information content (AvgIpc) is 2.95. The van der Waals surface area contributed by atoms with Gasteiger partial charge < -0.3 is 9.72 Å². The number of hydrogen-bond donors (Lipinski definition) is 1. The molecule has 0 aromatic carbocycles. The Morgan fingerprint density at radius 2 is 2.15 bits per heavy atom. The second-order valence-corrected chi connectivity index (χ2v) is 6.98. The van der Waals surface area contributed by atoms with Crippen molar-refractivity contribution in [1.29, 1.82) is 0 Å². The Balaban J connectivity index is 2.28. The summed E-state index contributed by atoms with van der Waals surface area (Å²) in [5, 5.41) is 0.780. The minimum absolute atomic E-state index is 0.0274. The Kier molecular flexibility index (Phi) is 3.56. The van der Waals surface area contributed by atoms with E-state index in [9.17, 15) is 4.79 Å². The summed E-state index contributed by atoms with van der Waals surface area (Å²) in [4.78, 5) is 18.1. The summed E-state index contributed by atoms with van der Waals surface area (Å²) >= 11 is 7.01. The number of fused-ring (bicyclic) bond motifs is 1. The van der Waals surface area contributed by atoms with E-state index in [1.54, 1.807) is 23.0 Å². The standard InChI is InChI=1S/C14H18N2O2S2/c1-7-8(2)20-12-11(7)13(17)16(14(19)15-12)9-5-4-6-10(9)18-3/h9-10H,4-6H2,1-3H3,(H,15,19). The van der Waals surface area contributed by atoms with E-state index < -0.39 is 0 Å². The van der Waals surface area contributed by atoms with E-state index in [0.29, 0.717) is 4.77 Å². The van der Waals surface area contributed by atoms with Gasteiger partial charge in [-0.05, 0) is 50.9 Å². The van der Waals surface area contributed by atoms with Gasteiger partial charge in [0.2, 0.25) is 0 Å². The molecule has 4 nitrogen and oxygen atoms in total. The van der Waals surface area contributed by atoms with Crippen molar-refractivity contribution in [2.75, 3.05) is 7.11 Å². The van der Waals surface area contributed by atoms with Crippen molar-refractivity contribution < 1.29 is 4.74 Å². The van der Waals surface area contributed by atoms with Gasteiger partial charge >= 0.3 is 0 Å². The number of hydrogen-bond acceptors (Lipinski definition) is 4. The third kappa shape index (κ3) is 1.98. The molecule has 2 heterocycles. The molecule has 2 aromatic rings. The van der Waals surface area contributed by atoms with Crippen LogP contribution < -0.4 is 5.56 Å². The first-order valence-corrected chi connectivity index (χ1v) is 8.04. The van der Waals surface area contributed by atoms with E-state index in [4.69, 9.17) is 17.0 Å². The minimum atomic E-state index is 0.0274. The largest absolute Gasteiger partial charge is 0.379 e. The first-order chi connectivity index (χ1) is 9.54. The molecule has 2 aromatic heterocycles. The topological polar surface area (TPSA) is 47.0 Å². The Morgan fingerprint density at radius 1 is 1.40 bits per heavy atom. The van der Waals surface area contributed by atoms with Gasteiger partial charge in [0.1, 0.15) is 4.83 Å². The molecule has 0 radical (unpaired) electrons. The quantitative estimate of drug-likeness (QED) is 0.864. The first-order valence-electron chi connectivity index (χ1n) is 6.82. The monoisotopic (exact) mass is 310 g/mol. The van der Waals surface area contributed by atoms with Crippen LogP contribution in [0.25, 0.3) is 10.2 Å². The Labute approximate surface area is 126 Å². The number of aryl methyl sites for hydroxylation is 2. The molecule has 6 heteroatoms. The third-order valence-corrected chi connectivity index (χ3v) is 5.73. The van der Waals surface area contributed by atoms with E-state index in [-0.39, 0.29) is 17.7 Å². The molecule has 3 rings (SSSR count). The Hall–Kier alpha value is -0.980. The molecule has 1 saturated carbocycles. The van der Waals surface area contributed by atoms with Crippen LogP contribution >= 0.6 is 23.6 Å². The van der Waals surface area contributed by atoms with E-state index in [0.717, 1.165) is 39.9 Å². The molecule has 1 aliphatic rings. The van der Waals surface area contributed by atoms with Crippen LogP contribution in [0.4, 0.5) is 0 Å². The number of aromatic nitrogens is 2. The average molecular weight is 310 g/mol. The van der Waals surface area contributed by atoms with Crippen LogP contribution in [0.5, 0.6) is 0 Å². The van der Waals surface area contributed by atoms with Gasteiger partial charge in [0.15, 0.2) is 4.77 Å². The molecule has 1 aliphatic carbocycles. The Morgan fingerprint density at radius 3 is 2.85 bits per heavy atom. The van der Waals surface area contributed by atoms with Gasteiger partial charge in [0.25, 0.3) is 5.56 Å². The highest BCUT2D eigenvalue weighted by molar-refractivity contribution is 7.71. The van der Waals surface area contributed by atoms with Gasteiger partial charge in [-0.2, -0.15) is 0 Å². The van der Waals surface area contributed by atoms with Crippen molar-refractivity contribution in [2.45, 2.75) is 45.3 Å². The van der Waals surface area contributed by atoms with Crippen molar-refractivity contribution in [3.8, 4) is 0 Å². The van der Waals surface area contributed by atoms with Crippen LogP contribution in [0.1, 0.15) is 35.7 Å². The van der Waals surface area contributed by atoms with Gasteiger partial charge in [-0.1, -0.05) is 0 Å². The highest BCUT2D eigenvalue weighted by atomic mass is 32.1. The molecular weight excluding hydrogens is 292 g/mol. The Bertz CT molecular complexity index is 772. The summed E-state index contributed by atoms with van der Waals surface area (Å²) in [6.45, 7) is 4.04. The lowest BCUT2D eigenvalue weighted by atomic mass is 10.2. The van der Waals surface area contributed by atoms with Crippen molar-refractivity contribution in [2.24, 2.45) is 0 Å². The predicted molar refractivity (Wildman–Crippen MR) is 84.4 cm³/mol. The van der Waals surface area contributed by atoms with Crippen molar-refractivity contribution in [3.05, 3.63) is 25.6 Å². The molecular formula is C14H18N2O2S2. The zero-order chi connectivity index (χ0) is 14.4. The smallest absolute Gasteiger partial charge is 0.263 e. The summed E-state index contributed by atoms with van der Waals surface area (Å²) in [6, 6.07) is 0.0558. The highest BCUT2D eigenvalue weighted by Gasteiger charge is 2.31. The van der Waals surface area contributed by atoms with Gasteiger partial charge in [-0.15, -0.1) is 11.3 Å². The number of aromatic amines is 1. The number of nitrogens with one attached hydrogen (secondary N) is 1. The molecule has 2 atom stereocenters. The number of ether oxygens (including phenoxy) is 1. The first kappa shape index (κ1) is 14.0. The van der Waals surface area contributed by atoms with E-state index in [2.05, 4.69) is 4.98 Å². The normalized spacial score (nSPS) is 22.8. The van der Waals surface area contributed by atoms with Crippen LogP contribution in [0, 0.1) is 18.6 Å². The summed E-state index contributed by atoms with van der Waals surface area (Å²) < 4.78 is 7.76. The lowest BCUT2D eigenvalue weighted by Crippen LogP contribution is -2.31. The SMILES string of the molecule is COC1CCCC1n1c(=S)[nH]c2sc(C)c(C)c2c1=O. The second kappa shape index (κ2) is 5.09. The fourth-order valence-electron chi connectivity index (χ4n) is 3.12. The van der Waals surface area contributed by atoms with E-state index in [1.165, 1.54) is 0 Å². The number of methoxy groups -OCH3 is 1. The maximum Gasteiger partial charge on any atom is 0.263 e. The predicted octanol–water partition coefficient (Wildman–Crippen LogP) is 3.48. The number of H-pyrrole nitrogens is 1. The highest BCUT2D eigenvalue weighted by Crippen LogP contribution is 2.33. The molecule has 1 N–H and O–H groups in total. The van der Waals surface area contributed by atoms with Crippen molar-refractivity contribution in [3.63, 3.8) is 0 Å². The molecule has 0 spiro atoms. The van der Waals surface area contributed by atoms with E-state index in [1.807, 2.05) is 13.8 Å². The summed E-state index contributed by atoms with van der Waals surface area (Å²) in [5.41, 5.74) is 1.08. The van der Waals surface area contributed by atoms with Crippen LogP contribution in [0.15, 0.2) is 4.79 Å². The van der Waals surface area contributed by atoms with E-state index >= 15 is 0 Å². The van der Waals surface area contributed by atoms with Crippen molar-refractivity contribution in [1.82, 2.24) is 9.55 Å². The van der Waals surface area contributed by atoms with Gasteiger partial charge in [-0.25, -0.2) is 0 Å². The molecule has 0 amide bonds. The lowest BCUT2D eigenvalue weighted by molar-refractivity contribution is 0.0732. The molecule has 0 aliphatic heterocycles. The third-order valence-electron chi connectivity index (χ3n) is 4.31. The number of rotatable bonds is 2. The summed E-state index contributed by atoms with van der Waals surface area (Å²) in [7, 11) is 1.71. The summed E-state index contributed by atoms with van der Waals surface area (Å²) in [6.07, 6.45) is 3.09. The summed E-state index contributed by atoms with van der Waals surface area (Å²) in [5.74, 6) is 0. The van der Waals surface area contributed by atoms with Crippen LogP contribution in [0.3, 0.4) is 0 Å². The zero-order valence-corrected chi connectivity index (χ0v) is 13.5. The molecule has 0 saturated heterocycles. The molecule has 1 fully saturated rings. The molecule has 2 unspecified atom stereocenters. The van der Waals surface area contributed by atoms with Gasteiger partial charge in [0, 0.05) is 12.0 Å². The molecule has 0 bridgehead atoms. The van der Waals surface area contributed by atoms with Crippen LogP contribution in [0.2, 0.25) is 0 Å². The molecule has 20 heavy (non-hydrogen) atoms. The minimum Gasteiger partial charge on any atom is -0.379 e. The van der Waals surface area contributed by atoms with Crippen molar-refractivity contribution >= 4 is 33.8 Å². The maximum absolute atomic E-state index is 12.9. The van der Waals surface area contributed by atoms with Gasteiger partial charge in [-0.3, -0.25) is 9.36 Å². The fourth-order valence-corrected chi connectivity index (χ4v) is 4.56. The maximum atomic E-state index is 12.9. The van der Waals surface area contributed by atoms with Gasteiger partial charge in [0.05, 0.1) is 17.5 Å². The molecule has 108 valence electrons. The van der Waals surface area contributed by atoms with Crippen LogP contribution in [-0.4, -0.2) is 22.8 Å². The zero-order valence-electron chi connectivity index (χ0n) is 11.9. The fraction of sp³-hybridized carbons (Fsp3) is 0.571. The lowest BCUT2D eigenvalue weighted by Gasteiger charge is -2.20. The number of thiophene rings is 1. The second-order valence-electron chi connectivity index (χ2n) is 5.37. The number of nitrogens with zero attached hydrogens (tertiary/aromatic N) is 1.